The molecule has 0 N–H and O–H groups in total. The summed E-state index contributed by atoms with van der Waals surface area (Å²) in [6.07, 6.45) is -1.49. The van der Waals surface area contributed by atoms with Gasteiger partial charge >= 0.3 is 6.18 Å². The molecule has 1 saturated heterocycles. The number of nitrogens with zero attached hydrogens (tertiary/aromatic N) is 6. The number of nitriles is 1. The summed E-state index contributed by atoms with van der Waals surface area (Å²) >= 11 is 5.97. The summed E-state index contributed by atoms with van der Waals surface area (Å²) in [5.74, 6) is 0.0718. The second-order valence-electron chi connectivity index (χ2n) is 9.26. The number of halogens is 4. The number of benzene rings is 2. The van der Waals surface area contributed by atoms with Crippen LogP contribution in [-0.2, 0) is 17.5 Å². The van der Waals surface area contributed by atoms with Crippen LogP contribution in [0, 0.1) is 11.3 Å². The lowest BCUT2D eigenvalue weighted by Gasteiger charge is -2.36. The number of amides is 1. The van der Waals surface area contributed by atoms with Gasteiger partial charge in [-0.1, -0.05) is 35.9 Å². The predicted molar refractivity (Wildman–Crippen MR) is 137 cm³/mol. The molecule has 196 valence electrons. The first-order valence-corrected chi connectivity index (χ1v) is 12.5. The van der Waals surface area contributed by atoms with Crippen LogP contribution in [0.15, 0.2) is 60.8 Å². The van der Waals surface area contributed by atoms with Crippen molar-refractivity contribution in [1.29, 1.82) is 5.26 Å². The van der Waals surface area contributed by atoms with Crippen molar-refractivity contribution >= 4 is 29.0 Å². The maximum Gasteiger partial charge on any atom is 0.416 e. The minimum Gasteiger partial charge on any atom is -0.297 e. The summed E-state index contributed by atoms with van der Waals surface area (Å²) in [5, 5.41) is 14.6. The summed E-state index contributed by atoms with van der Waals surface area (Å²) in [4.78, 5) is 19.2. The normalized spacial score (nSPS) is 16.6. The average molecular weight is 541 g/mol. The number of alkyl halides is 3. The van der Waals surface area contributed by atoms with Gasteiger partial charge in [0, 0.05) is 49.9 Å². The zero-order chi connectivity index (χ0) is 26.9. The molecule has 1 amide bonds. The van der Waals surface area contributed by atoms with E-state index < -0.39 is 11.7 Å². The highest BCUT2D eigenvalue weighted by molar-refractivity contribution is 6.30. The van der Waals surface area contributed by atoms with Gasteiger partial charge in [-0.05, 0) is 35.9 Å². The molecule has 2 aliphatic rings. The van der Waals surface area contributed by atoms with Crippen molar-refractivity contribution in [3.63, 3.8) is 0 Å². The number of hydrogen-bond donors (Lipinski definition) is 0. The van der Waals surface area contributed by atoms with Gasteiger partial charge in [-0.3, -0.25) is 19.5 Å². The molecule has 0 atom stereocenters. The van der Waals surface area contributed by atoms with E-state index in [1.165, 1.54) is 27.4 Å². The molecule has 11 heteroatoms. The number of carbonyl (C=O) groups is 1. The molecule has 3 aromatic rings. The SMILES string of the molecule is N#Cc1cnn2c1N(C(=O)CN1CCN(Cc3ccc(Cl)cc3)CC1)CC=C2c1cccc(C(F)(F)F)c1. The van der Waals surface area contributed by atoms with Crippen LogP contribution < -0.4 is 4.90 Å². The zero-order valence-corrected chi connectivity index (χ0v) is 21.1. The third-order valence-electron chi connectivity index (χ3n) is 6.75. The Morgan fingerprint density at radius 2 is 1.76 bits per heavy atom. The molecule has 1 fully saturated rings. The number of aromatic nitrogens is 2. The first-order valence-electron chi connectivity index (χ1n) is 12.1. The highest BCUT2D eigenvalue weighted by atomic mass is 35.5. The van der Waals surface area contributed by atoms with Gasteiger partial charge in [0.25, 0.3) is 0 Å². The van der Waals surface area contributed by atoms with E-state index >= 15 is 0 Å². The first-order chi connectivity index (χ1) is 18.2. The average Bonchev–Trinajstić information content (AvgIpc) is 3.34. The van der Waals surface area contributed by atoms with Gasteiger partial charge < -0.3 is 0 Å². The molecule has 1 aromatic heterocycles. The minimum absolute atomic E-state index is 0.126. The van der Waals surface area contributed by atoms with Gasteiger partial charge in [0.2, 0.25) is 5.91 Å². The van der Waals surface area contributed by atoms with Crippen molar-refractivity contribution in [2.45, 2.75) is 12.7 Å². The van der Waals surface area contributed by atoms with E-state index in [9.17, 15) is 23.2 Å². The standard InChI is InChI=1S/C27H24ClF3N6O/c28-23-6-4-19(5-7-23)17-34-10-12-35(13-11-34)18-25(38)36-9-8-24(37-26(36)21(15-32)16-33-37)20-2-1-3-22(14-20)27(29,30)31/h1-8,14,16H,9-13,17-18H2. The van der Waals surface area contributed by atoms with Crippen LogP contribution in [-0.4, -0.2) is 64.8 Å². The quantitative estimate of drug-likeness (QED) is 0.477. The van der Waals surface area contributed by atoms with Crippen molar-refractivity contribution in [2.75, 3.05) is 44.2 Å². The van der Waals surface area contributed by atoms with Gasteiger partial charge in [0.1, 0.15) is 11.6 Å². The Balaban J connectivity index is 1.28. The first kappa shape index (κ1) is 26.0. The number of fused-ring (bicyclic) bond motifs is 1. The van der Waals surface area contributed by atoms with E-state index in [0.717, 1.165) is 31.8 Å². The molecule has 0 unspecified atom stereocenters. The Bertz CT molecular complexity index is 1400. The fourth-order valence-corrected chi connectivity index (χ4v) is 4.88. The van der Waals surface area contributed by atoms with Crippen molar-refractivity contribution in [2.24, 2.45) is 0 Å². The Hall–Kier alpha value is -3.65. The lowest BCUT2D eigenvalue weighted by Crippen LogP contribution is -2.50. The molecule has 38 heavy (non-hydrogen) atoms. The van der Waals surface area contributed by atoms with Crippen LogP contribution in [0.25, 0.3) is 5.70 Å². The largest absolute Gasteiger partial charge is 0.416 e. The fraction of sp³-hybridized carbons (Fsp3) is 0.296. The van der Waals surface area contributed by atoms with Crippen molar-refractivity contribution in [1.82, 2.24) is 19.6 Å². The van der Waals surface area contributed by atoms with E-state index in [1.54, 1.807) is 12.1 Å². The van der Waals surface area contributed by atoms with Gasteiger partial charge in [-0.25, -0.2) is 4.68 Å². The molecule has 3 heterocycles. The summed E-state index contributed by atoms with van der Waals surface area (Å²) in [7, 11) is 0. The molecular weight excluding hydrogens is 517 g/mol. The molecule has 2 aliphatic heterocycles. The Morgan fingerprint density at radius 3 is 2.45 bits per heavy atom. The summed E-state index contributed by atoms with van der Waals surface area (Å²) in [6, 6.07) is 14.7. The van der Waals surface area contributed by atoms with Crippen LogP contribution in [0.2, 0.25) is 5.02 Å². The third-order valence-corrected chi connectivity index (χ3v) is 7.00. The molecule has 0 radical (unpaired) electrons. The Morgan fingerprint density at radius 1 is 1.05 bits per heavy atom. The molecule has 0 bridgehead atoms. The number of piperazine rings is 1. The van der Waals surface area contributed by atoms with Gasteiger partial charge in [0.15, 0.2) is 5.82 Å². The molecular formula is C27H24ClF3N6O. The summed E-state index contributed by atoms with van der Waals surface area (Å²) in [6.45, 7) is 4.12. The van der Waals surface area contributed by atoms with Gasteiger partial charge in [-0.2, -0.15) is 23.5 Å². The van der Waals surface area contributed by atoms with Crippen molar-refractivity contribution in [3.8, 4) is 6.07 Å². The van der Waals surface area contributed by atoms with Gasteiger partial charge in [0.05, 0.1) is 24.0 Å². The number of rotatable bonds is 5. The lowest BCUT2D eigenvalue weighted by molar-refractivity contribution is -0.137. The second-order valence-corrected chi connectivity index (χ2v) is 9.69. The van der Waals surface area contributed by atoms with E-state index in [2.05, 4.69) is 21.0 Å². The molecule has 5 rings (SSSR count). The van der Waals surface area contributed by atoms with E-state index in [1.807, 2.05) is 24.3 Å². The molecule has 0 aliphatic carbocycles. The highest BCUT2D eigenvalue weighted by Crippen LogP contribution is 2.34. The van der Waals surface area contributed by atoms with E-state index in [0.29, 0.717) is 29.4 Å². The number of hydrogen-bond acceptors (Lipinski definition) is 5. The van der Waals surface area contributed by atoms with Gasteiger partial charge in [-0.15, -0.1) is 0 Å². The molecule has 2 aromatic carbocycles. The number of carbonyl (C=O) groups excluding carboxylic acids is 1. The second kappa shape index (κ2) is 10.6. The highest BCUT2D eigenvalue weighted by Gasteiger charge is 2.33. The monoisotopic (exact) mass is 540 g/mol. The van der Waals surface area contributed by atoms with Crippen LogP contribution in [0.5, 0.6) is 0 Å². The Kier molecular flexibility index (Phi) is 7.25. The zero-order valence-electron chi connectivity index (χ0n) is 20.3. The summed E-state index contributed by atoms with van der Waals surface area (Å²) < 4.78 is 41.2. The van der Waals surface area contributed by atoms with Crippen LogP contribution in [0.1, 0.15) is 22.3 Å². The van der Waals surface area contributed by atoms with Crippen LogP contribution >= 0.6 is 11.6 Å². The van der Waals surface area contributed by atoms with E-state index in [-0.39, 0.29) is 30.4 Å². The molecule has 7 nitrogen and oxygen atoms in total. The fourth-order valence-electron chi connectivity index (χ4n) is 4.75. The molecule has 0 spiro atoms. The van der Waals surface area contributed by atoms with Crippen molar-refractivity contribution in [3.05, 3.63) is 88.1 Å². The predicted octanol–water partition coefficient (Wildman–Crippen LogP) is 4.48. The van der Waals surface area contributed by atoms with Crippen LogP contribution in [0.4, 0.5) is 19.0 Å². The topological polar surface area (TPSA) is 68.4 Å². The Labute approximate surface area is 222 Å². The lowest BCUT2D eigenvalue weighted by atomic mass is 10.1. The van der Waals surface area contributed by atoms with Crippen molar-refractivity contribution < 1.29 is 18.0 Å². The minimum atomic E-state index is -4.49. The van der Waals surface area contributed by atoms with E-state index in [4.69, 9.17) is 11.6 Å². The third kappa shape index (κ3) is 5.45. The summed E-state index contributed by atoms with van der Waals surface area (Å²) in [5.41, 5.74) is 1.28. The smallest absolute Gasteiger partial charge is 0.297 e. The van der Waals surface area contributed by atoms with Crippen LogP contribution in [0.3, 0.4) is 0 Å². The maximum absolute atomic E-state index is 13.4. The maximum atomic E-state index is 13.4. The number of anilines is 1. The molecule has 0 saturated carbocycles.